The van der Waals surface area contributed by atoms with E-state index in [1.807, 2.05) is 85.8 Å². The van der Waals surface area contributed by atoms with Crippen molar-refractivity contribution in [3.8, 4) is 22.5 Å². The molecule has 0 aliphatic heterocycles. The van der Waals surface area contributed by atoms with Crippen LogP contribution in [0, 0.1) is 6.92 Å². The molecule has 0 radical (unpaired) electrons. The second-order valence-electron chi connectivity index (χ2n) is 7.72. The zero-order valence-electron chi connectivity index (χ0n) is 17.9. The van der Waals surface area contributed by atoms with Gasteiger partial charge >= 0.3 is 0 Å². The van der Waals surface area contributed by atoms with Gasteiger partial charge in [0.2, 0.25) is 0 Å². The molecule has 5 rings (SSSR count). The Bertz CT molecular complexity index is 1470. The van der Waals surface area contributed by atoms with Crippen LogP contribution >= 0.6 is 11.6 Å². The topological polar surface area (TPSA) is 54.9 Å². The van der Waals surface area contributed by atoms with Crippen molar-refractivity contribution in [2.24, 2.45) is 0 Å². The predicted octanol–water partition coefficient (Wildman–Crippen LogP) is 7.18. The molecular formula is C28H20ClN3O. The van der Waals surface area contributed by atoms with Crippen LogP contribution in [0.15, 0.2) is 97.1 Å². The summed E-state index contributed by atoms with van der Waals surface area (Å²) in [7, 11) is 0. The number of amides is 1. The highest BCUT2D eigenvalue weighted by Crippen LogP contribution is 2.31. The van der Waals surface area contributed by atoms with Crippen LogP contribution in [-0.4, -0.2) is 15.9 Å². The van der Waals surface area contributed by atoms with E-state index in [9.17, 15) is 4.79 Å². The normalized spacial score (nSPS) is 10.8. The summed E-state index contributed by atoms with van der Waals surface area (Å²) in [6.45, 7) is 1.88. The van der Waals surface area contributed by atoms with Crippen molar-refractivity contribution in [1.29, 1.82) is 0 Å². The van der Waals surface area contributed by atoms with Gasteiger partial charge in [-0.1, -0.05) is 78.3 Å². The number of hydrogen-bond donors (Lipinski definition) is 1. The van der Waals surface area contributed by atoms with Crippen LogP contribution < -0.4 is 5.32 Å². The van der Waals surface area contributed by atoms with Crippen LogP contribution in [-0.2, 0) is 0 Å². The Labute approximate surface area is 196 Å². The van der Waals surface area contributed by atoms with Crippen molar-refractivity contribution in [3.05, 3.63) is 113 Å². The Balaban J connectivity index is 1.59. The minimum atomic E-state index is -0.225. The van der Waals surface area contributed by atoms with Gasteiger partial charge in [0.1, 0.15) is 0 Å². The van der Waals surface area contributed by atoms with Crippen LogP contribution in [0.25, 0.3) is 33.5 Å². The molecule has 0 spiro atoms. The van der Waals surface area contributed by atoms with Crippen molar-refractivity contribution >= 4 is 34.2 Å². The average molecular weight is 450 g/mol. The van der Waals surface area contributed by atoms with Crippen LogP contribution in [0.5, 0.6) is 0 Å². The van der Waals surface area contributed by atoms with Crippen molar-refractivity contribution in [2.75, 3.05) is 5.32 Å². The minimum Gasteiger partial charge on any atom is -0.322 e. The largest absolute Gasteiger partial charge is 0.322 e. The van der Waals surface area contributed by atoms with Gasteiger partial charge in [0.05, 0.1) is 22.4 Å². The number of nitrogens with zero attached hydrogens (tertiary/aromatic N) is 2. The quantitative estimate of drug-likeness (QED) is 0.316. The molecule has 0 saturated heterocycles. The Hall–Kier alpha value is -4.02. The molecule has 1 heterocycles. The predicted molar refractivity (Wildman–Crippen MR) is 135 cm³/mol. The summed E-state index contributed by atoms with van der Waals surface area (Å²) in [4.78, 5) is 22.8. The Morgan fingerprint density at radius 1 is 0.727 bits per heavy atom. The fourth-order valence-electron chi connectivity index (χ4n) is 3.73. The van der Waals surface area contributed by atoms with Crippen LogP contribution in [0.3, 0.4) is 0 Å². The summed E-state index contributed by atoms with van der Waals surface area (Å²) in [6, 6.07) is 30.8. The number of halogens is 1. The smallest absolute Gasteiger partial charge is 0.255 e. The lowest BCUT2D eigenvalue weighted by Crippen LogP contribution is -2.13. The van der Waals surface area contributed by atoms with E-state index in [0.717, 1.165) is 33.6 Å². The van der Waals surface area contributed by atoms with Gasteiger partial charge in [0.15, 0.2) is 0 Å². The molecule has 0 saturated carbocycles. The van der Waals surface area contributed by atoms with E-state index in [2.05, 4.69) is 5.32 Å². The lowest BCUT2D eigenvalue weighted by molar-refractivity contribution is 0.102. The molecule has 4 aromatic carbocycles. The Morgan fingerprint density at radius 2 is 1.33 bits per heavy atom. The maximum absolute atomic E-state index is 13.0. The van der Waals surface area contributed by atoms with Gasteiger partial charge in [-0.15, -0.1) is 0 Å². The number of fused-ring (bicyclic) bond motifs is 1. The van der Waals surface area contributed by atoms with Crippen molar-refractivity contribution < 1.29 is 4.79 Å². The van der Waals surface area contributed by atoms with E-state index in [0.29, 0.717) is 21.8 Å². The van der Waals surface area contributed by atoms with E-state index in [-0.39, 0.29) is 5.91 Å². The lowest BCUT2D eigenvalue weighted by atomic mass is 10.0. The molecule has 0 unspecified atom stereocenters. The third-order valence-corrected chi connectivity index (χ3v) is 5.95. The SMILES string of the molecule is Cc1c(Cl)cccc1NC(=O)c1ccc2nc(-c3ccccc3)c(-c3ccccc3)nc2c1. The molecule has 5 aromatic rings. The molecule has 0 aliphatic rings. The zero-order valence-corrected chi connectivity index (χ0v) is 18.7. The second-order valence-corrected chi connectivity index (χ2v) is 8.13. The highest BCUT2D eigenvalue weighted by atomic mass is 35.5. The highest BCUT2D eigenvalue weighted by Gasteiger charge is 2.15. The Kier molecular flexibility index (Phi) is 5.59. The van der Waals surface area contributed by atoms with Gasteiger partial charge < -0.3 is 5.32 Å². The maximum Gasteiger partial charge on any atom is 0.255 e. The first-order chi connectivity index (χ1) is 16.1. The van der Waals surface area contributed by atoms with Crippen LogP contribution in [0.4, 0.5) is 5.69 Å². The van der Waals surface area contributed by atoms with Crippen molar-refractivity contribution in [1.82, 2.24) is 9.97 Å². The van der Waals surface area contributed by atoms with Gasteiger partial charge in [-0.3, -0.25) is 4.79 Å². The van der Waals surface area contributed by atoms with Gasteiger partial charge in [-0.2, -0.15) is 0 Å². The first-order valence-corrected chi connectivity index (χ1v) is 11.0. The van der Waals surface area contributed by atoms with Crippen molar-refractivity contribution in [3.63, 3.8) is 0 Å². The van der Waals surface area contributed by atoms with E-state index in [1.54, 1.807) is 18.2 Å². The summed E-state index contributed by atoms with van der Waals surface area (Å²) < 4.78 is 0. The molecular weight excluding hydrogens is 430 g/mol. The molecule has 1 amide bonds. The van der Waals surface area contributed by atoms with Gasteiger partial charge in [-0.05, 0) is 42.8 Å². The zero-order chi connectivity index (χ0) is 22.8. The first-order valence-electron chi connectivity index (χ1n) is 10.6. The number of anilines is 1. The molecule has 0 atom stereocenters. The summed E-state index contributed by atoms with van der Waals surface area (Å²) in [5.74, 6) is -0.225. The number of carbonyl (C=O) groups is 1. The van der Waals surface area contributed by atoms with Gasteiger partial charge in [0.25, 0.3) is 5.91 Å². The number of rotatable bonds is 4. The first kappa shape index (κ1) is 20.9. The van der Waals surface area contributed by atoms with Gasteiger partial charge in [0, 0.05) is 27.4 Å². The van der Waals surface area contributed by atoms with Gasteiger partial charge in [-0.25, -0.2) is 9.97 Å². The van der Waals surface area contributed by atoms with Crippen LogP contribution in [0.1, 0.15) is 15.9 Å². The molecule has 0 fully saturated rings. The molecule has 4 nitrogen and oxygen atoms in total. The summed E-state index contributed by atoms with van der Waals surface area (Å²) >= 11 is 6.19. The van der Waals surface area contributed by atoms with Crippen molar-refractivity contribution in [2.45, 2.75) is 6.92 Å². The summed E-state index contributed by atoms with van der Waals surface area (Å²) in [5, 5.41) is 3.55. The fraction of sp³-hybridized carbons (Fsp3) is 0.0357. The molecule has 160 valence electrons. The van der Waals surface area contributed by atoms with E-state index in [1.165, 1.54) is 0 Å². The molecule has 33 heavy (non-hydrogen) atoms. The number of nitrogens with one attached hydrogen (secondary N) is 1. The molecule has 0 aliphatic carbocycles. The second kappa shape index (κ2) is 8.85. The Morgan fingerprint density at radius 3 is 1.97 bits per heavy atom. The summed E-state index contributed by atoms with van der Waals surface area (Å²) in [5.41, 5.74) is 6.93. The molecule has 5 heteroatoms. The minimum absolute atomic E-state index is 0.225. The average Bonchev–Trinajstić information content (AvgIpc) is 2.86. The van der Waals surface area contributed by atoms with Crippen LogP contribution in [0.2, 0.25) is 5.02 Å². The number of benzene rings is 4. The van der Waals surface area contributed by atoms with E-state index in [4.69, 9.17) is 21.6 Å². The van der Waals surface area contributed by atoms with E-state index < -0.39 is 0 Å². The monoisotopic (exact) mass is 449 g/mol. The lowest BCUT2D eigenvalue weighted by Gasteiger charge is -2.12. The molecule has 0 bridgehead atoms. The number of hydrogen-bond acceptors (Lipinski definition) is 3. The standard InChI is InChI=1S/C28H20ClN3O/c1-18-22(29)13-8-14-23(18)32-28(33)21-15-16-24-25(17-21)31-27(20-11-6-3-7-12-20)26(30-24)19-9-4-2-5-10-19/h2-17H,1H3,(H,32,33). The fourth-order valence-corrected chi connectivity index (χ4v) is 3.90. The molecule has 1 N–H and O–H groups in total. The molecule has 1 aromatic heterocycles. The third kappa shape index (κ3) is 4.21. The maximum atomic E-state index is 13.0. The highest BCUT2D eigenvalue weighted by molar-refractivity contribution is 6.31. The summed E-state index contributed by atoms with van der Waals surface area (Å²) in [6.07, 6.45) is 0. The number of aromatic nitrogens is 2. The third-order valence-electron chi connectivity index (χ3n) is 5.54. The number of carbonyl (C=O) groups excluding carboxylic acids is 1. The van der Waals surface area contributed by atoms with E-state index >= 15 is 0 Å².